The number of rotatable bonds is 7. The first-order chi connectivity index (χ1) is 7.50. The van der Waals surface area contributed by atoms with Crippen LogP contribution in [0.4, 0.5) is 0 Å². The summed E-state index contributed by atoms with van der Waals surface area (Å²) < 4.78 is 20.7. The summed E-state index contributed by atoms with van der Waals surface area (Å²) in [4.78, 5) is 11.6. The first-order valence-corrected chi connectivity index (χ1v) is 7.91. The van der Waals surface area contributed by atoms with E-state index in [0.29, 0.717) is 19.3 Å². The number of hydrogen-bond acceptors (Lipinski definition) is 5. The molecule has 2 atom stereocenters. The second-order valence-electron chi connectivity index (χ2n) is 4.23. The van der Waals surface area contributed by atoms with Crippen molar-refractivity contribution in [1.29, 1.82) is 0 Å². The molecule has 0 aromatic heterocycles. The summed E-state index contributed by atoms with van der Waals surface area (Å²) in [6.07, 6.45) is 0.115. The van der Waals surface area contributed by atoms with Crippen LogP contribution in [0.2, 0.25) is 12.6 Å². The third-order valence-corrected chi connectivity index (χ3v) is 5.84. The van der Waals surface area contributed by atoms with Gasteiger partial charge in [-0.2, -0.15) is 0 Å². The van der Waals surface area contributed by atoms with Crippen LogP contribution in [-0.2, 0) is 23.1 Å². The van der Waals surface area contributed by atoms with Gasteiger partial charge in [-0.3, -0.25) is 4.79 Å². The fourth-order valence-corrected chi connectivity index (χ4v) is 3.15. The molecular weight excluding hydrogens is 228 g/mol. The fourth-order valence-electron chi connectivity index (χ4n) is 1.37. The highest BCUT2D eigenvalue weighted by atomic mass is 28.4. The highest BCUT2D eigenvalue weighted by molar-refractivity contribution is 6.66. The van der Waals surface area contributed by atoms with Crippen molar-refractivity contribution >= 4 is 14.5 Å². The minimum absolute atomic E-state index is 0.115. The monoisotopic (exact) mass is 248 g/mol. The molecule has 0 bridgehead atoms. The van der Waals surface area contributed by atoms with E-state index in [0.717, 1.165) is 0 Å². The largest absolute Gasteiger partial charge is 0.463 e. The third kappa shape index (κ3) is 4.21. The number of epoxide rings is 1. The first kappa shape index (κ1) is 13.6. The van der Waals surface area contributed by atoms with Crippen LogP contribution in [0.5, 0.6) is 0 Å². The van der Waals surface area contributed by atoms with Crippen LogP contribution in [0, 0.1) is 5.92 Å². The number of carbonyl (C=O) groups excluding carboxylic acids is 1. The zero-order valence-electron chi connectivity index (χ0n) is 10.3. The quantitative estimate of drug-likeness (QED) is 0.381. The molecule has 2 unspecified atom stereocenters. The van der Waals surface area contributed by atoms with Crippen LogP contribution in [-0.4, -0.2) is 48.1 Å². The van der Waals surface area contributed by atoms with E-state index in [4.69, 9.17) is 18.3 Å². The Hall–Kier alpha value is -0.433. The molecular formula is C10H20O5Si. The molecule has 0 aromatic carbocycles. The van der Waals surface area contributed by atoms with Gasteiger partial charge in [0.2, 0.25) is 0 Å². The molecule has 0 radical (unpaired) electrons. The van der Waals surface area contributed by atoms with Crippen molar-refractivity contribution in [3.8, 4) is 0 Å². The summed E-state index contributed by atoms with van der Waals surface area (Å²) in [5.74, 6) is -0.404. The Balaban J connectivity index is 2.30. The summed E-state index contributed by atoms with van der Waals surface area (Å²) in [6, 6.07) is 0.602. The Morgan fingerprint density at radius 2 is 2.06 bits per heavy atom. The second-order valence-corrected chi connectivity index (χ2v) is 7.72. The highest BCUT2D eigenvalue weighted by Gasteiger charge is 2.34. The van der Waals surface area contributed by atoms with Crippen LogP contribution in [0.1, 0.15) is 6.92 Å². The topological polar surface area (TPSA) is 57.3 Å². The molecule has 6 heteroatoms. The van der Waals surface area contributed by atoms with E-state index in [1.54, 1.807) is 14.2 Å². The summed E-state index contributed by atoms with van der Waals surface area (Å²) in [5, 5.41) is 0. The van der Waals surface area contributed by atoms with Gasteiger partial charge in [0.15, 0.2) is 0 Å². The van der Waals surface area contributed by atoms with Gasteiger partial charge >= 0.3 is 14.5 Å². The molecule has 16 heavy (non-hydrogen) atoms. The van der Waals surface area contributed by atoms with E-state index in [2.05, 4.69) is 0 Å². The van der Waals surface area contributed by atoms with Crippen molar-refractivity contribution < 1.29 is 23.1 Å². The maximum Gasteiger partial charge on any atom is 0.335 e. The van der Waals surface area contributed by atoms with Crippen molar-refractivity contribution in [1.82, 2.24) is 0 Å². The number of ether oxygens (including phenoxy) is 2. The molecule has 1 rings (SSSR count). The first-order valence-electron chi connectivity index (χ1n) is 5.39. The van der Waals surface area contributed by atoms with Gasteiger partial charge in [-0.05, 0) is 6.55 Å². The van der Waals surface area contributed by atoms with Gasteiger partial charge in [-0.25, -0.2) is 0 Å². The molecule has 0 N–H and O–H groups in total. The smallest absolute Gasteiger partial charge is 0.335 e. The van der Waals surface area contributed by atoms with Crippen molar-refractivity contribution in [2.75, 3.05) is 27.4 Å². The number of hydrogen-bond donors (Lipinski definition) is 0. The van der Waals surface area contributed by atoms with Crippen LogP contribution in [0.3, 0.4) is 0 Å². The van der Waals surface area contributed by atoms with Gasteiger partial charge in [-0.15, -0.1) is 0 Å². The molecule has 1 aliphatic rings. The zero-order valence-corrected chi connectivity index (χ0v) is 11.3. The van der Waals surface area contributed by atoms with E-state index in [1.807, 2.05) is 13.5 Å². The Morgan fingerprint density at radius 3 is 2.50 bits per heavy atom. The van der Waals surface area contributed by atoms with Crippen molar-refractivity contribution in [2.45, 2.75) is 25.6 Å². The molecule has 0 aliphatic carbocycles. The van der Waals surface area contributed by atoms with Crippen LogP contribution >= 0.6 is 0 Å². The predicted octanol–water partition coefficient (Wildman–Crippen LogP) is 0.929. The highest BCUT2D eigenvalue weighted by Crippen LogP contribution is 2.20. The molecule has 0 amide bonds. The summed E-state index contributed by atoms with van der Waals surface area (Å²) >= 11 is 0. The minimum Gasteiger partial charge on any atom is -0.463 e. The molecule has 1 saturated heterocycles. The molecule has 1 fully saturated rings. The number of esters is 1. The average Bonchev–Trinajstić information content (AvgIpc) is 3.09. The lowest BCUT2D eigenvalue weighted by atomic mass is 10.2. The second kappa shape index (κ2) is 5.76. The maximum atomic E-state index is 11.6. The van der Waals surface area contributed by atoms with E-state index in [1.165, 1.54) is 0 Å². The van der Waals surface area contributed by atoms with Crippen LogP contribution < -0.4 is 0 Å². The summed E-state index contributed by atoms with van der Waals surface area (Å²) in [5.41, 5.74) is 0. The van der Waals surface area contributed by atoms with Gasteiger partial charge in [0.25, 0.3) is 0 Å². The SMILES string of the molecule is CO[Si](C)(CC(C)C(=O)OCC1CO1)OC. The van der Waals surface area contributed by atoms with E-state index in [9.17, 15) is 4.79 Å². The fraction of sp³-hybridized carbons (Fsp3) is 0.900. The molecule has 94 valence electrons. The molecule has 0 aromatic rings. The van der Waals surface area contributed by atoms with Gasteiger partial charge in [-0.1, -0.05) is 6.92 Å². The summed E-state index contributed by atoms with van der Waals surface area (Å²) in [6.45, 7) is 4.83. The normalized spacial score (nSPS) is 21.6. The average molecular weight is 248 g/mol. The lowest BCUT2D eigenvalue weighted by molar-refractivity contribution is -0.148. The Labute approximate surface area is 97.3 Å². The van der Waals surface area contributed by atoms with Gasteiger partial charge in [0.05, 0.1) is 12.5 Å². The summed E-state index contributed by atoms with van der Waals surface area (Å²) in [7, 11) is 1.04. The van der Waals surface area contributed by atoms with Crippen LogP contribution in [0.15, 0.2) is 0 Å². The standard InChI is InChI=1S/C10H20O5Si/c1-8(7-16(4,12-2)13-3)10(11)15-6-9-5-14-9/h8-9H,5-7H2,1-4H3. The van der Waals surface area contributed by atoms with E-state index >= 15 is 0 Å². The van der Waals surface area contributed by atoms with Crippen molar-refractivity contribution in [3.63, 3.8) is 0 Å². The predicted molar refractivity (Wildman–Crippen MR) is 60.3 cm³/mol. The lowest BCUT2D eigenvalue weighted by Crippen LogP contribution is -2.39. The molecule has 1 heterocycles. The Morgan fingerprint density at radius 1 is 1.50 bits per heavy atom. The Bertz CT molecular complexity index is 237. The maximum absolute atomic E-state index is 11.6. The van der Waals surface area contributed by atoms with E-state index < -0.39 is 8.56 Å². The van der Waals surface area contributed by atoms with Gasteiger partial charge < -0.3 is 18.3 Å². The number of carbonyl (C=O) groups is 1. The molecule has 5 nitrogen and oxygen atoms in total. The van der Waals surface area contributed by atoms with E-state index in [-0.39, 0.29) is 18.0 Å². The molecule has 0 spiro atoms. The molecule has 0 saturated carbocycles. The Kier molecular flexibility index (Phi) is 4.91. The zero-order chi connectivity index (χ0) is 12.2. The third-order valence-electron chi connectivity index (χ3n) is 2.76. The van der Waals surface area contributed by atoms with Gasteiger partial charge in [0, 0.05) is 20.3 Å². The van der Waals surface area contributed by atoms with Gasteiger partial charge in [0.1, 0.15) is 12.7 Å². The van der Waals surface area contributed by atoms with Crippen LogP contribution in [0.25, 0.3) is 0 Å². The lowest BCUT2D eigenvalue weighted by Gasteiger charge is -2.25. The molecule has 1 aliphatic heterocycles. The minimum atomic E-state index is -2.20. The van der Waals surface area contributed by atoms with Crippen molar-refractivity contribution in [3.05, 3.63) is 0 Å². The van der Waals surface area contributed by atoms with Crippen molar-refractivity contribution in [2.24, 2.45) is 5.92 Å².